The molecule has 0 radical (unpaired) electrons. The Morgan fingerprint density at radius 2 is 1.37 bits per heavy atom. The first-order valence-corrected chi connectivity index (χ1v) is 10.6. The number of hydrogen-bond acceptors (Lipinski definition) is 2. The van der Waals surface area contributed by atoms with Crippen molar-refractivity contribution in [1.82, 2.24) is 0 Å². The SMILES string of the molecule is CCCCCCCCCCCCc1ccc(O)c(C(=O)c2ccccc2)c1. The Morgan fingerprint density at radius 1 is 0.778 bits per heavy atom. The van der Waals surface area contributed by atoms with Gasteiger partial charge in [0.15, 0.2) is 5.78 Å². The van der Waals surface area contributed by atoms with Gasteiger partial charge in [0.1, 0.15) is 5.75 Å². The molecule has 2 nitrogen and oxygen atoms in total. The van der Waals surface area contributed by atoms with Crippen molar-refractivity contribution >= 4 is 5.78 Å². The lowest BCUT2D eigenvalue weighted by molar-refractivity contribution is 0.103. The first-order valence-electron chi connectivity index (χ1n) is 10.6. The van der Waals surface area contributed by atoms with E-state index in [1.165, 1.54) is 57.8 Å². The normalized spacial score (nSPS) is 10.9. The van der Waals surface area contributed by atoms with Gasteiger partial charge in [-0.1, -0.05) is 101 Å². The van der Waals surface area contributed by atoms with Gasteiger partial charge < -0.3 is 5.11 Å². The van der Waals surface area contributed by atoms with Crippen molar-refractivity contribution < 1.29 is 9.90 Å². The van der Waals surface area contributed by atoms with Crippen LogP contribution in [-0.4, -0.2) is 10.9 Å². The van der Waals surface area contributed by atoms with Gasteiger partial charge in [-0.15, -0.1) is 0 Å². The van der Waals surface area contributed by atoms with Gasteiger partial charge in [-0.05, 0) is 30.5 Å². The van der Waals surface area contributed by atoms with Crippen LogP contribution in [-0.2, 0) is 6.42 Å². The van der Waals surface area contributed by atoms with Crippen molar-refractivity contribution in [2.45, 2.75) is 77.6 Å². The van der Waals surface area contributed by atoms with Crippen molar-refractivity contribution in [3.8, 4) is 5.75 Å². The maximum absolute atomic E-state index is 12.6. The van der Waals surface area contributed by atoms with Gasteiger partial charge in [0, 0.05) is 5.56 Å². The van der Waals surface area contributed by atoms with E-state index in [1.54, 1.807) is 18.2 Å². The summed E-state index contributed by atoms with van der Waals surface area (Å²) in [5.41, 5.74) is 2.15. The molecule has 27 heavy (non-hydrogen) atoms. The van der Waals surface area contributed by atoms with Crippen molar-refractivity contribution in [3.05, 3.63) is 65.2 Å². The Hall–Kier alpha value is -2.09. The van der Waals surface area contributed by atoms with Crippen molar-refractivity contribution in [2.24, 2.45) is 0 Å². The monoisotopic (exact) mass is 366 g/mol. The summed E-state index contributed by atoms with van der Waals surface area (Å²) in [4.78, 5) is 12.6. The fraction of sp³-hybridized carbons (Fsp3) is 0.480. The molecule has 0 atom stereocenters. The third-order valence-corrected chi connectivity index (χ3v) is 5.16. The van der Waals surface area contributed by atoms with Crippen LogP contribution < -0.4 is 0 Å². The van der Waals surface area contributed by atoms with E-state index in [9.17, 15) is 9.90 Å². The summed E-state index contributed by atoms with van der Waals surface area (Å²) >= 11 is 0. The predicted octanol–water partition coefficient (Wildman–Crippen LogP) is 7.09. The predicted molar refractivity (Wildman–Crippen MR) is 114 cm³/mol. The highest BCUT2D eigenvalue weighted by atomic mass is 16.3. The molecule has 0 bridgehead atoms. The van der Waals surface area contributed by atoms with E-state index in [4.69, 9.17) is 0 Å². The summed E-state index contributed by atoms with van der Waals surface area (Å²) in [6, 6.07) is 14.6. The summed E-state index contributed by atoms with van der Waals surface area (Å²) in [6.45, 7) is 2.26. The molecule has 0 amide bonds. The molecule has 2 heteroatoms. The van der Waals surface area contributed by atoms with E-state index < -0.39 is 0 Å². The van der Waals surface area contributed by atoms with E-state index in [1.807, 2.05) is 30.3 Å². The van der Waals surface area contributed by atoms with Crippen LogP contribution in [0.3, 0.4) is 0 Å². The van der Waals surface area contributed by atoms with E-state index in [0.29, 0.717) is 11.1 Å². The van der Waals surface area contributed by atoms with Crippen molar-refractivity contribution in [2.75, 3.05) is 0 Å². The van der Waals surface area contributed by atoms with Crippen LogP contribution in [0.2, 0.25) is 0 Å². The highest BCUT2D eigenvalue weighted by molar-refractivity contribution is 6.10. The molecule has 0 aliphatic carbocycles. The van der Waals surface area contributed by atoms with Crippen LogP contribution in [0, 0.1) is 0 Å². The number of rotatable bonds is 13. The van der Waals surface area contributed by atoms with Crippen LogP contribution in [0.4, 0.5) is 0 Å². The minimum atomic E-state index is -0.113. The fourth-order valence-corrected chi connectivity index (χ4v) is 3.48. The lowest BCUT2D eigenvalue weighted by Crippen LogP contribution is -2.02. The maximum Gasteiger partial charge on any atom is 0.196 e. The van der Waals surface area contributed by atoms with Gasteiger partial charge in [-0.2, -0.15) is 0 Å². The molecule has 2 rings (SSSR count). The molecule has 0 heterocycles. The summed E-state index contributed by atoms with van der Waals surface area (Å²) in [5.74, 6) is -0.0475. The third kappa shape index (κ3) is 7.58. The molecular weight excluding hydrogens is 332 g/mol. The molecule has 0 saturated carbocycles. The van der Waals surface area contributed by atoms with Crippen LogP contribution in [0.1, 0.15) is 92.6 Å². The zero-order valence-electron chi connectivity index (χ0n) is 16.8. The molecular formula is C25H34O2. The van der Waals surface area contributed by atoms with Crippen LogP contribution in [0.25, 0.3) is 0 Å². The van der Waals surface area contributed by atoms with Gasteiger partial charge in [-0.25, -0.2) is 0 Å². The maximum atomic E-state index is 12.6. The smallest absolute Gasteiger partial charge is 0.196 e. The number of aryl methyl sites for hydroxylation is 1. The standard InChI is InChI=1S/C25H34O2/c1-2-3-4-5-6-7-8-9-10-12-15-21-18-19-24(26)23(20-21)25(27)22-16-13-11-14-17-22/h11,13-14,16-20,26H,2-10,12,15H2,1H3. The summed E-state index contributed by atoms with van der Waals surface area (Å²) < 4.78 is 0. The Balaban J connectivity index is 1.72. The number of aromatic hydroxyl groups is 1. The number of benzene rings is 2. The number of hydrogen-bond donors (Lipinski definition) is 1. The highest BCUT2D eigenvalue weighted by Crippen LogP contribution is 2.23. The Kier molecular flexibility index (Phi) is 9.68. The number of carbonyl (C=O) groups is 1. The van der Waals surface area contributed by atoms with Crippen molar-refractivity contribution in [3.63, 3.8) is 0 Å². The van der Waals surface area contributed by atoms with E-state index in [-0.39, 0.29) is 11.5 Å². The molecule has 0 aliphatic heterocycles. The van der Waals surface area contributed by atoms with Crippen LogP contribution >= 0.6 is 0 Å². The average Bonchev–Trinajstić information content (AvgIpc) is 2.70. The van der Waals surface area contributed by atoms with E-state index >= 15 is 0 Å². The molecule has 0 aliphatic rings. The molecule has 0 aromatic heterocycles. The number of unbranched alkanes of at least 4 members (excludes halogenated alkanes) is 9. The number of phenolic OH excluding ortho intramolecular Hbond substituents is 1. The molecule has 0 unspecified atom stereocenters. The summed E-state index contributed by atoms with van der Waals surface area (Å²) in [5, 5.41) is 10.1. The quantitative estimate of drug-likeness (QED) is 0.303. The van der Waals surface area contributed by atoms with Gasteiger partial charge in [0.05, 0.1) is 5.56 Å². The Labute approximate surface area is 164 Å². The lowest BCUT2D eigenvalue weighted by Gasteiger charge is -2.08. The van der Waals surface area contributed by atoms with Gasteiger partial charge >= 0.3 is 0 Å². The van der Waals surface area contributed by atoms with E-state index in [0.717, 1.165) is 18.4 Å². The lowest BCUT2D eigenvalue weighted by atomic mass is 9.98. The van der Waals surface area contributed by atoms with Gasteiger partial charge in [0.2, 0.25) is 0 Å². The first kappa shape index (κ1) is 21.2. The highest BCUT2D eigenvalue weighted by Gasteiger charge is 2.13. The van der Waals surface area contributed by atoms with Gasteiger partial charge in [0.25, 0.3) is 0 Å². The number of phenols is 1. The minimum Gasteiger partial charge on any atom is -0.507 e. The molecule has 0 spiro atoms. The number of carbonyl (C=O) groups excluding carboxylic acids is 1. The molecule has 2 aromatic carbocycles. The molecule has 0 fully saturated rings. The Bertz CT molecular complexity index is 676. The molecule has 1 N–H and O–H groups in total. The minimum absolute atomic E-state index is 0.0654. The fourth-order valence-electron chi connectivity index (χ4n) is 3.48. The Morgan fingerprint density at radius 3 is 2.00 bits per heavy atom. The van der Waals surface area contributed by atoms with Crippen LogP contribution in [0.15, 0.2) is 48.5 Å². The zero-order chi connectivity index (χ0) is 19.3. The van der Waals surface area contributed by atoms with Crippen LogP contribution in [0.5, 0.6) is 5.75 Å². The van der Waals surface area contributed by atoms with Crippen molar-refractivity contribution in [1.29, 1.82) is 0 Å². The van der Waals surface area contributed by atoms with E-state index in [2.05, 4.69) is 6.92 Å². The molecule has 0 saturated heterocycles. The molecule has 146 valence electrons. The second kappa shape index (κ2) is 12.3. The zero-order valence-corrected chi connectivity index (χ0v) is 16.8. The third-order valence-electron chi connectivity index (χ3n) is 5.16. The first-order chi connectivity index (χ1) is 13.2. The van der Waals surface area contributed by atoms with Gasteiger partial charge in [-0.3, -0.25) is 4.79 Å². The summed E-state index contributed by atoms with van der Waals surface area (Å²) in [7, 11) is 0. The second-order valence-corrected chi connectivity index (χ2v) is 7.48. The average molecular weight is 367 g/mol. The molecule has 2 aromatic rings. The largest absolute Gasteiger partial charge is 0.507 e. The summed E-state index contributed by atoms with van der Waals surface area (Å²) in [6.07, 6.45) is 14.2. The topological polar surface area (TPSA) is 37.3 Å². The number of ketones is 1. The second-order valence-electron chi connectivity index (χ2n) is 7.48.